The standard InChI is InChI=1S/C33H31P2.C5H5.Hf/c1-24-14-5-9-18-28(24)34(29-19-10-6-15-25(29)2)32-22-13-23-33(32)35(30-20-11-7-16-26(30)3)31-21-12-8-17-27(31)4;1-2-4-5-3-1;/h5-23H,1-4H3;1-5H;. The zero-order chi connectivity index (χ0) is 27.0. The van der Waals surface area contributed by atoms with Gasteiger partial charge in [-0.2, -0.15) is 0 Å². The predicted molar refractivity (Wildman–Crippen MR) is 173 cm³/mol. The molecule has 4 atom stereocenters. The molecule has 4 unspecified atom stereocenters. The van der Waals surface area contributed by atoms with Crippen LogP contribution in [0.4, 0.5) is 0 Å². The van der Waals surface area contributed by atoms with Gasteiger partial charge >= 0.3 is 230 Å². The quantitative estimate of drug-likeness (QED) is 0.138. The van der Waals surface area contributed by atoms with Crippen LogP contribution < -0.4 is 21.2 Å². The van der Waals surface area contributed by atoms with Crippen LogP contribution in [0.1, 0.15) is 22.3 Å². The Balaban J connectivity index is 1.18. The van der Waals surface area contributed by atoms with Crippen molar-refractivity contribution in [3.05, 3.63) is 119 Å². The van der Waals surface area contributed by atoms with E-state index in [0.29, 0.717) is 0 Å². The molecule has 0 radical (unpaired) electrons. The summed E-state index contributed by atoms with van der Waals surface area (Å²) in [5.74, 6) is 0. The second-order valence-corrected chi connectivity index (χ2v) is 104. The summed E-state index contributed by atoms with van der Waals surface area (Å²) in [5, 5.41) is 7.13. The number of fused-ring (bicyclic) bond motifs is 10. The Morgan fingerprint density at radius 2 is 0.683 bits per heavy atom. The van der Waals surface area contributed by atoms with Crippen LogP contribution in [0.5, 0.6) is 0 Å². The fourth-order valence-corrected chi connectivity index (χ4v) is 491. The molecular weight excluding hydrogens is 697 g/mol. The van der Waals surface area contributed by atoms with E-state index in [1.165, 1.54) is 29.4 Å². The molecule has 0 bridgehead atoms. The first-order valence-electron chi connectivity index (χ1n) is 16.6. The molecule has 1 spiro atoms. The first-order valence-corrected chi connectivity index (χ1v) is 39.5. The Morgan fingerprint density at radius 1 is 0.415 bits per heavy atom. The van der Waals surface area contributed by atoms with Crippen molar-refractivity contribution >= 4 is 37.1 Å². The van der Waals surface area contributed by atoms with E-state index in [-0.39, 0.29) is 15.8 Å². The Morgan fingerprint density at radius 3 is 0.902 bits per heavy atom. The second-order valence-electron chi connectivity index (χ2n) is 20.6. The van der Waals surface area contributed by atoms with Gasteiger partial charge in [0.25, 0.3) is 0 Å². The monoisotopic (exact) mass is 734 g/mol. The van der Waals surface area contributed by atoms with Crippen LogP contribution in [-0.4, -0.2) is 5.83 Å². The molecule has 10 fully saturated rings. The zero-order valence-electron chi connectivity index (χ0n) is 24.3. The van der Waals surface area contributed by atoms with Gasteiger partial charge in [0.15, 0.2) is 0 Å². The van der Waals surface area contributed by atoms with E-state index in [0.717, 1.165) is 5.83 Å². The van der Waals surface area contributed by atoms with E-state index in [1.807, 2.05) is 0 Å². The van der Waals surface area contributed by atoms with Crippen LogP contribution in [0.25, 0.3) is 0 Å². The first kappa shape index (κ1) is 21.3. The summed E-state index contributed by atoms with van der Waals surface area (Å²) >= 11 is -4.68. The number of aryl methyl sites for hydroxylation is 4. The molecule has 0 saturated carbocycles. The van der Waals surface area contributed by atoms with Gasteiger partial charge in [0.05, 0.1) is 0 Å². The summed E-state index contributed by atoms with van der Waals surface area (Å²) in [7, 11) is -0.715. The molecule has 0 amide bonds. The number of benzene rings is 4. The third-order valence-corrected chi connectivity index (χ3v) is 196. The average Bonchev–Trinajstić information content (AvgIpc) is 3.93. The van der Waals surface area contributed by atoms with E-state index in [4.69, 9.17) is 0 Å². The molecule has 0 aromatic heterocycles. The van der Waals surface area contributed by atoms with Gasteiger partial charge in [0.2, 0.25) is 0 Å². The molecule has 0 nitrogen and oxygen atoms in total. The SMILES string of the molecule is Cc1ccccc1P(c1ccccc1C)[C]12[CH]3[CH]4[CH]5[C]1(P(c1ccccc1C)c1ccccc1C)[Hf]43521678[CH]2[CH]1[CH]6[CH]7[CH]28. The molecule has 10 saturated heterocycles. The molecule has 10 aliphatic rings. The van der Waals surface area contributed by atoms with Crippen molar-refractivity contribution in [3.63, 3.8) is 0 Å². The molecule has 3 heteroatoms. The molecule has 10 heterocycles. The average molecular weight is 733 g/mol. The van der Waals surface area contributed by atoms with E-state index in [9.17, 15) is 0 Å². The summed E-state index contributed by atoms with van der Waals surface area (Å²) < 4.78 is 11.9. The number of rotatable bonds is 6. The maximum absolute atomic E-state index is 4.68. The van der Waals surface area contributed by atoms with Crippen molar-refractivity contribution in [2.75, 3.05) is 0 Å². The van der Waals surface area contributed by atoms with Crippen molar-refractivity contribution in [2.24, 2.45) is 0 Å². The Bertz CT molecular complexity index is 2140. The van der Waals surface area contributed by atoms with Crippen LogP contribution in [0.15, 0.2) is 97.1 Å². The Labute approximate surface area is 228 Å². The van der Waals surface area contributed by atoms with Gasteiger partial charge in [-0.05, 0) is 0 Å². The van der Waals surface area contributed by atoms with Crippen molar-refractivity contribution in [2.45, 2.75) is 62.9 Å². The van der Waals surface area contributed by atoms with E-state index in [2.05, 4.69) is 125 Å². The molecule has 10 aliphatic heterocycles. The van der Waals surface area contributed by atoms with Crippen LogP contribution in [0.3, 0.4) is 0 Å². The first-order chi connectivity index (χ1) is 19.8. The molecule has 4 aromatic carbocycles. The normalized spacial score (nSPS) is 58.2. The van der Waals surface area contributed by atoms with E-state index in [1.54, 1.807) is 43.5 Å². The van der Waals surface area contributed by atoms with Crippen molar-refractivity contribution in [1.82, 2.24) is 0 Å². The molecule has 0 aliphatic carbocycles. The molecule has 41 heavy (non-hydrogen) atoms. The van der Waals surface area contributed by atoms with E-state index < -0.39 is 11.2 Å². The fourth-order valence-electron chi connectivity index (χ4n) is 29.7. The van der Waals surface area contributed by atoms with Crippen molar-refractivity contribution < 1.29 is 11.2 Å². The predicted octanol–water partition coefficient (Wildman–Crippen LogP) is 8.69. The Kier molecular flexibility index (Phi) is 1.80. The fraction of sp³-hybridized carbons (Fsp3) is 0.368. The van der Waals surface area contributed by atoms with Gasteiger partial charge in [-0.25, -0.2) is 0 Å². The number of hydrogen-bond donors (Lipinski definition) is 0. The van der Waals surface area contributed by atoms with Gasteiger partial charge in [0, 0.05) is 0 Å². The minimum absolute atomic E-state index is 0.358. The second kappa shape index (κ2) is 3.46. The van der Waals surface area contributed by atoms with Crippen LogP contribution in [0, 0.1) is 27.7 Å². The topological polar surface area (TPSA) is 0 Å². The summed E-state index contributed by atoms with van der Waals surface area (Å²) in [5.41, 5.74) is 6.32. The summed E-state index contributed by atoms with van der Waals surface area (Å²) in [6, 6.07) is 39.0. The van der Waals surface area contributed by atoms with Gasteiger partial charge < -0.3 is 0 Å². The molecular formula is C38H36HfP2. The van der Waals surface area contributed by atoms with Crippen molar-refractivity contribution in [1.29, 1.82) is 0 Å². The van der Waals surface area contributed by atoms with Crippen molar-refractivity contribution in [3.8, 4) is 0 Å². The summed E-state index contributed by atoms with van der Waals surface area (Å²) in [4.78, 5) is 0. The van der Waals surface area contributed by atoms with Gasteiger partial charge in [-0.15, -0.1) is 0 Å². The molecule has 202 valence electrons. The van der Waals surface area contributed by atoms with Crippen LogP contribution in [-0.2, 0) is 11.2 Å². The minimum atomic E-state index is -4.68. The van der Waals surface area contributed by atoms with Gasteiger partial charge in [-0.3, -0.25) is 0 Å². The summed E-state index contributed by atoms with van der Waals surface area (Å²) in [6.45, 7) is 9.82. The molecule has 14 rings (SSSR count). The summed E-state index contributed by atoms with van der Waals surface area (Å²) in [6.07, 6.45) is 0. The third kappa shape index (κ3) is 0.584. The zero-order valence-corrected chi connectivity index (χ0v) is 29.6. The molecule has 0 N–H and O–H groups in total. The maximum atomic E-state index is 2.61. The van der Waals surface area contributed by atoms with Crippen LogP contribution >= 0.6 is 15.8 Å². The Hall–Kier alpha value is -1.39. The number of hydrogen-bond acceptors (Lipinski definition) is 0. The van der Waals surface area contributed by atoms with Gasteiger partial charge in [-0.1, -0.05) is 0 Å². The van der Waals surface area contributed by atoms with Gasteiger partial charge in [0.1, 0.15) is 0 Å². The molecule has 4 aromatic rings. The van der Waals surface area contributed by atoms with Crippen LogP contribution in [0.2, 0.25) is 29.4 Å². The third-order valence-electron chi connectivity index (χ3n) is 26.4. The van der Waals surface area contributed by atoms with E-state index >= 15 is 0 Å².